The molecule has 0 aromatic heterocycles. The minimum absolute atomic E-state index is 0. The van der Waals surface area contributed by atoms with E-state index >= 15 is 0 Å². The van der Waals surface area contributed by atoms with E-state index in [2.05, 4.69) is 51.7 Å². The molecule has 1 heterocycles. The lowest BCUT2D eigenvalue weighted by Crippen LogP contribution is -2.48. The number of ether oxygens (including phenoxy) is 1. The zero-order chi connectivity index (χ0) is 17.3. The van der Waals surface area contributed by atoms with Gasteiger partial charge in [0, 0.05) is 36.7 Å². The van der Waals surface area contributed by atoms with Crippen LogP contribution in [0.5, 0.6) is 5.75 Å². The van der Waals surface area contributed by atoms with E-state index in [0.717, 1.165) is 31.7 Å². The van der Waals surface area contributed by atoms with Crippen LogP contribution in [0.3, 0.4) is 0 Å². The molecule has 1 fully saturated rings. The Hall–Kier alpha value is -0.500. The van der Waals surface area contributed by atoms with Crippen molar-refractivity contribution < 1.29 is 17.9 Å². The predicted octanol–water partition coefficient (Wildman–Crippen LogP) is 4.76. The lowest BCUT2D eigenvalue weighted by atomic mass is 9.81. The molecule has 0 saturated carbocycles. The minimum atomic E-state index is -4.69. The molecule has 2 rings (SSSR count). The molecule has 1 aliphatic heterocycles. The van der Waals surface area contributed by atoms with Gasteiger partial charge in [0.25, 0.3) is 0 Å². The summed E-state index contributed by atoms with van der Waals surface area (Å²) in [4.78, 5) is 2.32. The van der Waals surface area contributed by atoms with Gasteiger partial charge < -0.3 is 10.1 Å². The topological polar surface area (TPSA) is 24.5 Å². The van der Waals surface area contributed by atoms with Gasteiger partial charge in [-0.2, -0.15) is 0 Å². The predicted molar refractivity (Wildman–Crippen MR) is 94.7 cm³/mol. The highest BCUT2D eigenvalue weighted by molar-refractivity contribution is 9.10. The van der Waals surface area contributed by atoms with Gasteiger partial charge in [-0.15, -0.1) is 25.6 Å². The average Bonchev–Trinajstić information content (AvgIpc) is 2.35. The third kappa shape index (κ3) is 6.10. The van der Waals surface area contributed by atoms with Crippen LogP contribution in [0.25, 0.3) is 0 Å². The van der Waals surface area contributed by atoms with Gasteiger partial charge in [0.05, 0.1) is 0 Å². The maximum Gasteiger partial charge on any atom is 0.573 e. The highest BCUT2D eigenvalue weighted by Crippen LogP contribution is 2.41. The number of nitrogens with one attached hydrogen (secondary N) is 1. The van der Waals surface area contributed by atoms with E-state index in [0.29, 0.717) is 4.47 Å². The molecule has 1 atom stereocenters. The molecular weight excluding hydrogens is 409 g/mol. The average molecular weight is 432 g/mol. The van der Waals surface area contributed by atoms with E-state index in [-0.39, 0.29) is 29.6 Å². The Morgan fingerprint density at radius 1 is 1.12 bits per heavy atom. The molecule has 3 nitrogen and oxygen atoms in total. The molecule has 0 aliphatic carbocycles. The summed E-state index contributed by atoms with van der Waals surface area (Å²) >= 11 is 3.30. The smallest absolute Gasteiger partial charge is 0.406 e. The fourth-order valence-corrected chi connectivity index (χ4v) is 3.62. The van der Waals surface area contributed by atoms with Crippen molar-refractivity contribution in [2.75, 3.05) is 26.2 Å². The number of hydrogen-bond acceptors (Lipinski definition) is 3. The van der Waals surface area contributed by atoms with Crippen molar-refractivity contribution in [2.45, 2.75) is 33.2 Å². The number of halogens is 5. The van der Waals surface area contributed by atoms with Crippen molar-refractivity contribution in [3.63, 3.8) is 0 Å². The SMILES string of the molecule is CC(C)(C)[C@@H](c1cc(Br)cc(OC(F)(F)F)c1)N1CCNCC1.Cl. The molecule has 0 bridgehead atoms. The molecule has 138 valence electrons. The van der Waals surface area contributed by atoms with E-state index in [9.17, 15) is 13.2 Å². The normalized spacial score (nSPS) is 18.0. The second-order valence-electron chi connectivity index (χ2n) is 6.82. The maximum absolute atomic E-state index is 12.5. The Labute approximate surface area is 155 Å². The summed E-state index contributed by atoms with van der Waals surface area (Å²) < 4.78 is 42.3. The molecule has 0 spiro atoms. The minimum Gasteiger partial charge on any atom is -0.406 e. The van der Waals surface area contributed by atoms with Crippen molar-refractivity contribution in [3.05, 3.63) is 28.2 Å². The van der Waals surface area contributed by atoms with Crippen LogP contribution in [0.2, 0.25) is 0 Å². The molecule has 8 heteroatoms. The van der Waals surface area contributed by atoms with Gasteiger partial charge in [-0.05, 0) is 29.2 Å². The van der Waals surface area contributed by atoms with E-state index in [4.69, 9.17) is 0 Å². The van der Waals surface area contributed by atoms with Crippen molar-refractivity contribution in [1.82, 2.24) is 10.2 Å². The summed E-state index contributed by atoms with van der Waals surface area (Å²) in [5.74, 6) is -0.189. The summed E-state index contributed by atoms with van der Waals surface area (Å²) in [7, 11) is 0. The van der Waals surface area contributed by atoms with Crippen LogP contribution >= 0.6 is 28.3 Å². The second kappa shape index (κ2) is 8.25. The summed E-state index contributed by atoms with van der Waals surface area (Å²) in [6.07, 6.45) is -4.69. The van der Waals surface area contributed by atoms with Crippen molar-refractivity contribution in [3.8, 4) is 5.75 Å². The van der Waals surface area contributed by atoms with Crippen molar-refractivity contribution in [1.29, 1.82) is 0 Å². The van der Waals surface area contributed by atoms with E-state index in [1.165, 1.54) is 12.1 Å². The molecule has 1 aromatic rings. The lowest BCUT2D eigenvalue weighted by molar-refractivity contribution is -0.274. The molecular formula is C16H23BrClF3N2O. The first-order valence-corrected chi connectivity index (χ1v) is 8.36. The third-order valence-electron chi connectivity index (χ3n) is 3.78. The highest BCUT2D eigenvalue weighted by Gasteiger charge is 2.35. The first kappa shape index (κ1) is 21.5. The zero-order valence-electron chi connectivity index (χ0n) is 13.9. The van der Waals surface area contributed by atoms with Gasteiger partial charge >= 0.3 is 6.36 Å². The van der Waals surface area contributed by atoms with Crippen LogP contribution in [0.1, 0.15) is 32.4 Å². The standard InChI is InChI=1S/C16H22BrF3N2O.ClH/c1-15(2,3)14(22-6-4-21-5-7-22)11-8-12(17)10-13(9-11)23-16(18,19)20;/h8-10,14,21H,4-7H2,1-3H3;1H/t14-;/m1./s1. The highest BCUT2D eigenvalue weighted by atomic mass is 79.9. The summed E-state index contributed by atoms with van der Waals surface area (Å²) in [6, 6.07) is 4.73. The molecule has 1 N–H and O–H groups in total. The van der Waals surface area contributed by atoms with E-state index in [1.807, 2.05) is 6.07 Å². The Bertz CT molecular complexity index is 543. The van der Waals surface area contributed by atoms with Gasteiger partial charge in [0.1, 0.15) is 5.75 Å². The Kier molecular flexibility index (Phi) is 7.41. The first-order valence-electron chi connectivity index (χ1n) is 7.57. The first-order chi connectivity index (χ1) is 10.6. The Morgan fingerprint density at radius 2 is 1.71 bits per heavy atom. The van der Waals surface area contributed by atoms with Gasteiger partial charge in [-0.25, -0.2) is 0 Å². The third-order valence-corrected chi connectivity index (χ3v) is 4.24. The largest absolute Gasteiger partial charge is 0.573 e. The van der Waals surface area contributed by atoms with Gasteiger partial charge in [0.15, 0.2) is 0 Å². The van der Waals surface area contributed by atoms with Gasteiger partial charge in [-0.1, -0.05) is 36.7 Å². The zero-order valence-corrected chi connectivity index (χ0v) is 16.3. The molecule has 0 radical (unpaired) electrons. The number of hydrogen-bond donors (Lipinski definition) is 1. The quantitative estimate of drug-likeness (QED) is 0.747. The number of alkyl halides is 3. The number of piperazine rings is 1. The summed E-state index contributed by atoms with van der Waals surface area (Å²) in [6.45, 7) is 9.80. The van der Waals surface area contributed by atoms with Crippen molar-refractivity contribution in [2.24, 2.45) is 5.41 Å². The Balaban J connectivity index is 0.00000288. The van der Waals surface area contributed by atoms with Crippen LogP contribution in [0.15, 0.2) is 22.7 Å². The molecule has 24 heavy (non-hydrogen) atoms. The lowest BCUT2D eigenvalue weighted by Gasteiger charge is -2.42. The summed E-state index contributed by atoms with van der Waals surface area (Å²) in [5.41, 5.74) is 0.709. The molecule has 0 amide bonds. The Morgan fingerprint density at radius 3 is 2.21 bits per heavy atom. The maximum atomic E-state index is 12.5. The number of rotatable bonds is 3. The van der Waals surface area contributed by atoms with E-state index < -0.39 is 6.36 Å². The fourth-order valence-electron chi connectivity index (χ4n) is 3.13. The van der Waals surface area contributed by atoms with Crippen molar-refractivity contribution >= 4 is 28.3 Å². The van der Waals surface area contributed by atoms with Gasteiger partial charge in [0.2, 0.25) is 0 Å². The summed E-state index contributed by atoms with van der Waals surface area (Å²) in [5, 5.41) is 3.30. The monoisotopic (exact) mass is 430 g/mol. The van der Waals surface area contributed by atoms with Crippen LogP contribution in [-0.2, 0) is 0 Å². The second-order valence-corrected chi connectivity index (χ2v) is 7.74. The van der Waals surface area contributed by atoms with Crippen LogP contribution < -0.4 is 10.1 Å². The molecule has 1 saturated heterocycles. The van der Waals surface area contributed by atoms with Crippen LogP contribution in [-0.4, -0.2) is 37.4 Å². The van der Waals surface area contributed by atoms with E-state index in [1.54, 1.807) is 0 Å². The van der Waals surface area contributed by atoms with Gasteiger partial charge in [-0.3, -0.25) is 4.90 Å². The van der Waals surface area contributed by atoms with Crippen LogP contribution in [0, 0.1) is 5.41 Å². The molecule has 1 aliphatic rings. The molecule has 1 aromatic carbocycles. The molecule has 0 unspecified atom stereocenters. The van der Waals surface area contributed by atoms with Crippen LogP contribution in [0.4, 0.5) is 13.2 Å². The fraction of sp³-hybridized carbons (Fsp3) is 0.625. The number of nitrogens with zero attached hydrogens (tertiary/aromatic N) is 1. The number of benzene rings is 1.